The second-order valence-electron chi connectivity index (χ2n) is 5.04. The van der Waals surface area contributed by atoms with E-state index in [4.69, 9.17) is 0 Å². The third-order valence-corrected chi connectivity index (χ3v) is 5.87. The maximum absolute atomic E-state index is 12.4. The molecule has 92 valence electrons. The molecular weight excluding hydrogens is 345 g/mol. The Kier molecular flexibility index (Phi) is 3.43. The van der Waals surface area contributed by atoms with Gasteiger partial charge in [-0.2, -0.15) is 0 Å². The summed E-state index contributed by atoms with van der Waals surface area (Å²) in [6.45, 7) is 0.973. The lowest BCUT2D eigenvalue weighted by Gasteiger charge is -2.31. The molecule has 4 heteroatoms. The topological polar surface area (TPSA) is 20.3 Å². The number of nitrogens with zero attached hydrogens (tertiary/aromatic N) is 1. The minimum atomic E-state index is 0.263. The monoisotopic (exact) mass is 361 g/mol. The summed E-state index contributed by atoms with van der Waals surface area (Å²) in [7, 11) is 0. The molecule has 17 heavy (non-hydrogen) atoms. The first-order valence-electron chi connectivity index (χ1n) is 6.31. The van der Waals surface area contributed by atoms with Crippen LogP contribution in [0.2, 0.25) is 0 Å². The highest BCUT2D eigenvalue weighted by atomic mass is 127. The van der Waals surface area contributed by atoms with Crippen LogP contribution in [-0.2, 0) is 0 Å². The summed E-state index contributed by atoms with van der Waals surface area (Å²) in [6, 6.07) is 2.55. The van der Waals surface area contributed by atoms with Gasteiger partial charge >= 0.3 is 0 Å². The van der Waals surface area contributed by atoms with Crippen molar-refractivity contribution in [2.75, 3.05) is 6.54 Å². The molecule has 3 rings (SSSR count). The van der Waals surface area contributed by atoms with E-state index in [1.165, 1.54) is 35.0 Å². The minimum Gasteiger partial charge on any atom is -0.335 e. The molecule has 0 radical (unpaired) electrons. The summed E-state index contributed by atoms with van der Waals surface area (Å²) in [5.41, 5.74) is 0.894. The van der Waals surface area contributed by atoms with Crippen LogP contribution in [0.3, 0.4) is 0 Å². The van der Waals surface area contributed by atoms with Crippen molar-refractivity contribution >= 4 is 39.8 Å². The van der Waals surface area contributed by atoms with Crippen molar-refractivity contribution in [1.82, 2.24) is 4.90 Å². The first kappa shape index (κ1) is 12.0. The molecule has 1 saturated heterocycles. The Morgan fingerprint density at radius 2 is 2.18 bits per heavy atom. The Labute approximate surface area is 120 Å². The zero-order valence-corrected chi connectivity index (χ0v) is 12.7. The molecule has 2 nitrogen and oxygen atoms in total. The molecule has 1 aliphatic heterocycles. The van der Waals surface area contributed by atoms with Gasteiger partial charge in [0.2, 0.25) is 0 Å². The van der Waals surface area contributed by atoms with E-state index in [1.54, 1.807) is 11.3 Å². The van der Waals surface area contributed by atoms with Gasteiger partial charge in [-0.15, -0.1) is 11.3 Å². The predicted molar refractivity (Wildman–Crippen MR) is 78.4 cm³/mol. The van der Waals surface area contributed by atoms with Crippen LogP contribution in [-0.4, -0.2) is 23.4 Å². The zero-order chi connectivity index (χ0) is 11.8. The molecule has 0 bridgehead atoms. The largest absolute Gasteiger partial charge is 0.335 e. The fraction of sp³-hybridized carbons (Fsp3) is 0.615. The molecule has 1 aromatic rings. The van der Waals surface area contributed by atoms with Gasteiger partial charge in [0, 0.05) is 18.0 Å². The van der Waals surface area contributed by atoms with Crippen LogP contribution in [0, 0.1) is 8.80 Å². The molecule has 2 aliphatic rings. The molecule has 2 fully saturated rings. The van der Waals surface area contributed by atoms with E-state index >= 15 is 0 Å². The molecule has 0 aromatic carbocycles. The first-order valence-corrected chi connectivity index (χ1v) is 8.26. The summed E-state index contributed by atoms with van der Waals surface area (Å²) in [4.78, 5) is 14.6. The van der Waals surface area contributed by atoms with E-state index in [0.29, 0.717) is 6.04 Å². The molecule has 1 amide bonds. The third kappa shape index (κ3) is 2.26. The second-order valence-corrected chi connectivity index (χ2v) is 7.84. The average Bonchev–Trinajstić information content (AvgIpc) is 2.94. The number of hydrogen-bond donors (Lipinski definition) is 0. The van der Waals surface area contributed by atoms with E-state index in [-0.39, 0.29) is 5.91 Å². The van der Waals surface area contributed by atoms with Crippen molar-refractivity contribution in [1.29, 1.82) is 0 Å². The highest BCUT2D eigenvalue weighted by Gasteiger charge is 2.38. The molecule has 1 saturated carbocycles. The van der Waals surface area contributed by atoms with Crippen LogP contribution in [0.15, 0.2) is 11.4 Å². The van der Waals surface area contributed by atoms with Crippen LogP contribution >= 0.6 is 33.9 Å². The summed E-state index contributed by atoms with van der Waals surface area (Å²) in [5.74, 6) is 1.05. The van der Waals surface area contributed by atoms with Gasteiger partial charge in [0.15, 0.2) is 0 Å². The lowest BCUT2D eigenvalue weighted by Crippen LogP contribution is -2.39. The number of rotatable bonds is 1. The van der Waals surface area contributed by atoms with Gasteiger partial charge in [0.05, 0.1) is 8.45 Å². The molecule has 1 aromatic heterocycles. The summed E-state index contributed by atoms with van der Waals surface area (Å²) in [6.07, 6.45) is 6.43. The molecule has 0 spiro atoms. The van der Waals surface area contributed by atoms with Crippen molar-refractivity contribution in [2.45, 2.75) is 38.1 Å². The minimum absolute atomic E-state index is 0.263. The van der Waals surface area contributed by atoms with Gasteiger partial charge in [-0.05, 0) is 53.8 Å². The van der Waals surface area contributed by atoms with E-state index in [9.17, 15) is 4.79 Å². The van der Waals surface area contributed by atoms with Crippen LogP contribution in [0.5, 0.6) is 0 Å². The van der Waals surface area contributed by atoms with Crippen LogP contribution in [0.1, 0.15) is 42.5 Å². The quantitative estimate of drug-likeness (QED) is 0.698. The summed E-state index contributed by atoms with van der Waals surface area (Å²) >= 11 is 3.94. The van der Waals surface area contributed by atoms with Gasteiger partial charge in [-0.1, -0.05) is 12.8 Å². The molecule has 1 aliphatic carbocycles. The van der Waals surface area contributed by atoms with Gasteiger partial charge in [0.25, 0.3) is 5.91 Å². The second kappa shape index (κ2) is 4.88. The highest BCUT2D eigenvalue weighted by molar-refractivity contribution is 14.1. The zero-order valence-electron chi connectivity index (χ0n) is 9.69. The number of halogens is 1. The maximum atomic E-state index is 12.4. The van der Waals surface area contributed by atoms with Crippen molar-refractivity contribution in [3.63, 3.8) is 0 Å². The number of amides is 1. The van der Waals surface area contributed by atoms with E-state index in [2.05, 4.69) is 27.5 Å². The van der Waals surface area contributed by atoms with Crippen LogP contribution in [0.25, 0.3) is 0 Å². The fourth-order valence-corrected chi connectivity index (χ4v) is 4.57. The molecule has 2 unspecified atom stereocenters. The average molecular weight is 361 g/mol. The number of thiophene rings is 1. The fourth-order valence-electron chi connectivity index (χ4n) is 3.25. The van der Waals surface area contributed by atoms with E-state index in [0.717, 1.165) is 18.0 Å². The third-order valence-electron chi connectivity index (χ3n) is 4.09. The standard InChI is InChI=1S/C13H16INOS/c14-12-7-10(8-17-12)13(16)15-6-5-9-3-1-2-4-11(9)15/h7-9,11H,1-6H2. The van der Waals surface area contributed by atoms with Crippen LogP contribution < -0.4 is 0 Å². The smallest absolute Gasteiger partial charge is 0.254 e. The maximum Gasteiger partial charge on any atom is 0.254 e. The van der Waals surface area contributed by atoms with Gasteiger partial charge < -0.3 is 4.90 Å². The lowest BCUT2D eigenvalue weighted by atomic mass is 9.85. The molecule has 2 heterocycles. The number of likely N-dealkylation sites (tertiary alicyclic amines) is 1. The number of hydrogen-bond acceptors (Lipinski definition) is 2. The number of carbonyl (C=O) groups excluding carboxylic acids is 1. The van der Waals surface area contributed by atoms with Crippen molar-refractivity contribution < 1.29 is 4.79 Å². The molecule has 0 N–H and O–H groups in total. The highest BCUT2D eigenvalue weighted by Crippen LogP contribution is 2.37. The van der Waals surface area contributed by atoms with Gasteiger partial charge in [-0.25, -0.2) is 0 Å². The summed E-state index contributed by atoms with van der Waals surface area (Å²) in [5, 5.41) is 2.00. The van der Waals surface area contributed by atoms with Gasteiger partial charge in [-0.3, -0.25) is 4.79 Å². The van der Waals surface area contributed by atoms with E-state index < -0.39 is 0 Å². The molecule has 2 atom stereocenters. The van der Waals surface area contributed by atoms with Crippen LogP contribution in [0.4, 0.5) is 0 Å². The normalized spacial score (nSPS) is 28.2. The van der Waals surface area contributed by atoms with Crippen molar-refractivity contribution in [3.05, 3.63) is 19.9 Å². The Morgan fingerprint density at radius 1 is 1.35 bits per heavy atom. The summed E-state index contributed by atoms with van der Waals surface area (Å²) < 4.78 is 1.20. The van der Waals surface area contributed by atoms with Gasteiger partial charge in [0.1, 0.15) is 0 Å². The number of carbonyl (C=O) groups is 1. The SMILES string of the molecule is O=C(c1csc(I)c1)N1CCC2CCCCC21. The molecular formula is C13H16INOS. The lowest BCUT2D eigenvalue weighted by molar-refractivity contribution is 0.0690. The Bertz CT molecular complexity index is 431. The predicted octanol–water partition coefficient (Wildman–Crippen LogP) is 3.76. The Morgan fingerprint density at radius 3 is 2.94 bits per heavy atom. The van der Waals surface area contributed by atoms with E-state index in [1.807, 2.05) is 11.4 Å². The Hall–Kier alpha value is -0.100. The number of fused-ring (bicyclic) bond motifs is 1. The van der Waals surface area contributed by atoms with Crippen molar-refractivity contribution in [2.24, 2.45) is 5.92 Å². The Balaban J connectivity index is 1.78. The first-order chi connectivity index (χ1) is 8.25. The van der Waals surface area contributed by atoms with Crippen molar-refractivity contribution in [3.8, 4) is 0 Å².